The van der Waals surface area contributed by atoms with Crippen LogP contribution in [0.3, 0.4) is 0 Å². The van der Waals surface area contributed by atoms with Gasteiger partial charge in [0.2, 0.25) is 0 Å². The molecule has 82 valence electrons. The highest BCUT2D eigenvalue weighted by atomic mass is 19.1. The van der Waals surface area contributed by atoms with Crippen molar-refractivity contribution in [2.45, 2.75) is 63.6 Å². The Balaban J connectivity index is 1.73. The Morgan fingerprint density at radius 2 is 1.93 bits per heavy atom. The van der Waals surface area contributed by atoms with E-state index < -0.39 is 5.67 Å². The summed E-state index contributed by atoms with van der Waals surface area (Å²) >= 11 is 0. The Kier molecular flexibility index (Phi) is 3.10. The zero-order chi connectivity index (χ0) is 10.0. The molecule has 0 aromatic heterocycles. The molecule has 0 aromatic rings. The van der Waals surface area contributed by atoms with Gasteiger partial charge >= 0.3 is 0 Å². The van der Waals surface area contributed by atoms with Gasteiger partial charge in [-0.1, -0.05) is 19.8 Å². The summed E-state index contributed by atoms with van der Waals surface area (Å²) in [4.78, 5) is 0. The summed E-state index contributed by atoms with van der Waals surface area (Å²) in [5, 5.41) is 3.44. The van der Waals surface area contributed by atoms with Gasteiger partial charge in [-0.3, -0.25) is 0 Å². The van der Waals surface area contributed by atoms with E-state index in [1.807, 2.05) is 0 Å². The summed E-state index contributed by atoms with van der Waals surface area (Å²) in [5.41, 5.74) is -0.850. The number of hydrogen-bond acceptors (Lipinski definition) is 1. The topological polar surface area (TPSA) is 12.0 Å². The molecule has 2 atom stereocenters. The Morgan fingerprint density at radius 1 is 1.21 bits per heavy atom. The van der Waals surface area contributed by atoms with Crippen LogP contribution in [0.25, 0.3) is 0 Å². The predicted octanol–water partition coefficient (Wildman–Crippen LogP) is 3.05. The molecule has 0 aliphatic heterocycles. The first kappa shape index (κ1) is 10.4. The van der Waals surface area contributed by atoms with E-state index in [2.05, 4.69) is 12.2 Å². The van der Waals surface area contributed by atoms with Gasteiger partial charge in [0, 0.05) is 12.6 Å². The lowest BCUT2D eigenvalue weighted by Crippen LogP contribution is -2.48. The van der Waals surface area contributed by atoms with Crippen LogP contribution in [0.1, 0.15) is 51.9 Å². The van der Waals surface area contributed by atoms with Gasteiger partial charge in [0.1, 0.15) is 5.67 Å². The summed E-state index contributed by atoms with van der Waals surface area (Å²) in [6.45, 7) is 2.89. The predicted molar refractivity (Wildman–Crippen MR) is 57.1 cm³/mol. The second-order valence-electron chi connectivity index (χ2n) is 5.25. The zero-order valence-electron chi connectivity index (χ0n) is 9.19. The van der Waals surface area contributed by atoms with E-state index in [1.165, 1.54) is 25.7 Å². The summed E-state index contributed by atoms with van der Waals surface area (Å²) in [7, 11) is 0. The molecule has 2 rings (SSSR count). The minimum atomic E-state index is -0.850. The lowest BCUT2D eigenvalue weighted by molar-refractivity contribution is 0.0553. The van der Waals surface area contributed by atoms with Gasteiger partial charge in [-0.15, -0.1) is 0 Å². The molecule has 2 unspecified atom stereocenters. The van der Waals surface area contributed by atoms with Crippen molar-refractivity contribution in [3.05, 3.63) is 0 Å². The number of rotatable bonds is 3. The minimum Gasteiger partial charge on any atom is -0.311 e. The quantitative estimate of drug-likeness (QED) is 0.736. The number of alkyl halides is 1. The molecule has 0 heterocycles. The molecular formula is C12H22FN. The van der Waals surface area contributed by atoms with Gasteiger partial charge < -0.3 is 5.32 Å². The first-order chi connectivity index (χ1) is 6.70. The first-order valence-corrected chi connectivity index (χ1v) is 6.12. The lowest BCUT2D eigenvalue weighted by Gasteiger charge is -2.37. The van der Waals surface area contributed by atoms with Gasteiger partial charge in [0.05, 0.1) is 0 Å². The van der Waals surface area contributed by atoms with E-state index in [-0.39, 0.29) is 0 Å². The van der Waals surface area contributed by atoms with Crippen molar-refractivity contribution in [2.75, 3.05) is 6.54 Å². The van der Waals surface area contributed by atoms with E-state index in [0.29, 0.717) is 12.6 Å². The first-order valence-electron chi connectivity index (χ1n) is 6.12. The van der Waals surface area contributed by atoms with E-state index in [4.69, 9.17) is 0 Å². The van der Waals surface area contributed by atoms with Crippen molar-refractivity contribution in [2.24, 2.45) is 5.92 Å². The number of nitrogens with one attached hydrogen (secondary N) is 1. The average Bonchev–Trinajstić information content (AvgIpc) is 2.14. The summed E-state index contributed by atoms with van der Waals surface area (Å²) in [6, 6.07) is 0.581. The lowest BCUT2D eigenvalue weighted by atomic mass is 9.80. The highest BCUT2D eigenvalue weighted by Crippen LogP contribution is 2.35. The Hall–Kier alpha value is -0.110. The minimum absolute atomic E-state index is 0.581. The van der Waals surface area contributed by atoms with E-state index >= 15 is 0 Å². The van der Waals surface area contributed by atoms with Crippen LogP contribution in [-0.4, -0.2) is 18.3 Å². The third kappa shape index (κ3) is 2.28. The molecule has 0 saturated heterocycles. The molecule has 1 nitrogen and oxygen atoms in total. The molecule has 14 heavy (non-hydrogen) atoms. The van der Waals surface area contributed by atoms with Crippen LogP contribution < -0.4 is 5.32 Å². The smallest absolute Gasteiger partial charge is 0.123 e. The van der Waals surface area contributed by atoms with Crippen LogP contribution >= 0.6 is 0 Å². The van der Waals surface area contributed by atoms with Gasteiger partial charge in [-0.2, -0.15) is 0 Å². The summed E-state index contributed by atoms with van der Waals surface area (Å²) in [5.74, 6) is 0.743. The van der Waals surface area contributed by atoms with E-state index in [0.717, 1.165) is 25.2 Å². The Labute approximate surface area is 86.5 Å². The standard InChI is InChI=1S/C12H22FN/c1-10-5-2-3-6-11(10)14-9-12(13)7-4-8-12/h10-11,14H,2-9H2,1H3. The maximum Gasteiger partial charge on any atom is 0.123 e. The second kappa shape index (κ2) is 4.18. The van der Waals surface area contributed by atoms with Crippen LogP contribution in [0, 0.1) is 5.92 Å². The monoisotopic (exact) mass is 199 g/mol. The van der Waals surface area contributed by atoms with Crippen molar-refractivity contribution in [3.8, 4) is 0 Å². The Bertz CT molecular complexity index is 189. The fourth-order valence-corrected chi connectivity index (χ4v) is 2.67. The molecular weight excluding hydrogens is 177 g/mol. The molecule has 0 radical (unpaired) electrons. The fourth-order valence-electron chi connectivity index (χ4n) is 2.67. The molecule has 0 bridgehead atoms. The molecule has 0 spiro atoms. The molecule has 2 heteroatoms. The molecule has 2 aliphatic carbocycles. The maximum absolute atomic E-state index is 13.7. The molecule has 0 aromatic carbocycles. The maximum atomic E-state index is 13.7. The second-order valence-corrected chi connectivity index (χ2v) is 5.25. The SMILES string of the molecule is CC1CCCCC1NCC1(F)CCC1. The van der Waals surface area contributed by atoms with Crippen LogP contribution in [0.2, 0.25) is 0 Å². The van der Waals surface area contributed by atoms with E-state index in [9.17, 15) is 4.39 Å². The molecule has 0 amide bonds. The van der Waals surface area contributed by atoms with Gasteiger partial charge in [0.25, 0.3) is 0 Å². The fraction of sp³-hybridized carbons (Fsp3) is 1.00. The number of halogens is 1. The van der Waals surface area contributed by atoms with Crippen LogP contribution in [0.4, 0.5) is 4.39 Å². The van der Waals surface area contributed by atoms with E-state index in [1.54, 1.807) is 0 Å². The van der Waals surface area contributed by atoms with Crippen molar-refractivity contribution < 1.29 is 4.39 Å². The molecule has 2 saturated carbocycles. The van der Waals surface area contributed by atoms with Gasteiger partial charge in [-0.25, -0.2) is 4.39 Å². The van der Waals surface area contributed by atoms with Gasteiger partial charge in [-0.05, 0) is 38.0 Å². The molecule has 2 fully saturated rings. The van der Waals surface area contributed by atoms with Crippen LogP contribution in [-0.2, 0) is 0 Å². The third-order valence-electron chi connectivity index (χ3n) is 4.04. The average molecular weight is 199 g/mol. The normalized spacial score (nSPS) is 36.4. The van der Waals surface area contributed by atoms with Crippen molar-refractivity contribution >= 4 is 0 Å². The largest absolute Gasteiger partial charge is 0.311 e. The van der Waals surface area contributed by atoms with Gasteiger partial charge in [0.15, 0.2) is 0 Å². The summed E-state index contributed by atoms with van der Waals surface area (Å²) < 4.78 is 13.7. The Morgan fingerprint density at radius 3 is 2.50 bits per heavy atom. The van der Waals surface area contributed by atoms with Crippen LogP contribution in [0.15, 0.2) is 0 Å². The molecule has 2 aliphatic rings. The zero-order valence-corrected chi connectivity index (χ0v) is 9.19. The molecule has 1 N–H and O–H groups in total. The number of hydrogen-bond donors (Lipinski definition) is 1. The van der Waals surface area contributed by atoms with Crippen molar-refractivity contribution in [1.29, 1.82) is 0 Å². The highest BCUT2D eigenvalue weighted by molar-refractivity contribution is 4.92. The van der Waals surface area contributed by atoms with Crippen molar-refractivity contribution in [1.82, 2.24) is 5.32 Å². The third-order valence-corrected chi connectivity index (χ3v) is 4.04. The highest BCUT2D eigenvalue weighted by Gasteiger charge is 2.37. The van der Waals surface area contributed by atoms with Crippen LogP contribution in [0.5, 0.6) is 0 Å². The van der Waals surface area contributed by atoms with Crippen molar-refractivity contribution in [3.63, 3.8) is 0 Å². The summed E-state index contributed by atoms with van der Waals surface area (Å²) in [6.07, 6.45) is 7.89.